The zero-order valence-corrected chi connectivity index (χ0v) is 22.8. The third-order valence-electron chi connectivity index (χ3n) is 5.40. The van der Waals surface area contributed by atoms with E-state index in [1.54, 1.807) is 17.2 Å². The minimum atomic E-state index is -0.861. The fourth-order valence-electron chi connectivity index (χ4n) is 3.07. The summed E-state index contributed by atoms with van der Waals surface area (Å²) in [6.07, 6.45) is 6.17. The molecule has 0 fully saturated rings. The minimum absolute atomic E-state index is 0.0875. The predicted molar refractivity (Wildman–Crippen MR) is 142 cm³/mol. The van der Waals surface area contributed by atoms with E-state index in [-0.39, 0.29) is 11.4 Å². The Morgan fingerprint density at radius 3 is 2.47 bits per heavy atom. The van der Waals surface area contributed by atoms with Crippen LogP contribution in [-0.4, -0.2) is 48.5 Å². The zero-order chi connectivity index (χ0) is 26.8. The van der Waals surface area contributed by atoms with Gasteiger partial charge < -0.3 is 15.7 Å². The lowest BCUT2D eigenvalue weighted by Crippen LogP contribution is -2.47. The smallest absolute Gasteiger partial charge is 0.268 e. The van der Waals surface area contributed by atoms with Gasteiger partial charge in [0.15, 0.2) is 9.50 Å². The fraction of sp³-hybridized carbons (Fsp3) is 0.455. The number of hydrogen-bond donors (Lipinski definition) is 3. The van der Waals surface area contributed by atoms with Gasteiger partial charge in [-0.1, -0.05) is 56.1 Å². The van der Waals surface area contributed by atoms with Gasteiger partial charge in [0.05, 0.1) is 18.7 Å². The van der Waals surface area contributed by atoms with E-state index in [0.29, 0.717) is 24.0 Å². The van der Waals surface area contributed by atoms with E-state index < -0.39 is 10.6 Å². The molecule has 0 saturated carbocycles. The Hall–Kier alpha value is -2.80. The van der Waals surface area contributed by atoms with Gasteiger partial charge in [0.2, 0.25) is 0 Å². The molecular weight excluding hydrogens is 527 g/mol. The van der Waals surface area contributed by atoms with Crippen molar-refractivity contribution in [2.75, 3.05) is 7.05 Å². The van der Waals surface area contributed by atoms with Crippen LogP contribution in [0.3, 0.4) is 0 Å². The molecule has 0 aliphatic heterocycles. The molecule has 1 aromatic carbocycles. The molecule has 3 rings (SSSR count). The molecule has 0 saturated heterocycles. The number of hydrazone groups is 1. The standard InChI is InChI=1S/C16H22ClN3O.C6H8ClN5O2S/c1-15(2,3)16(21,10-20-12-18-11-19-20)9-8-13-4-6-14(17)7-5-13;1-8-6(11-12(13)14)10-3-4-2-9-5(7)15-4/h4-7,11-12,21H,8-10H2,1-3H3;2H,3H2,1H3,(H2,8,10,11). The number of halogens is 2. The van der Waals surface area contributed by atoms with Gasteiger partial charge in [0.25, 0.3) is 5.96 Å². The maximum absolute atomic E-state index is 11.1. The summed E-state index contributed by atoms with van der Waals surface area (Å²) >= 11 is 12.8. The van der Waals surface area contributed by atoms with Gasteiger partial charge in [-0.25, -0.2) is 20.1 Å². The van der Waals surface area contributed by atoms with Crippen LogP contribution in [0.1, 0.15) is 37.6 Å². The van der Waals surface area contributed by atoms with E-state index in [9.17, 15) is 15.2 Å². The largest absolute Gasteiger partial charge is 0.387 e. The van der Waals surface area contributed by atoms with Crippen LogP contribution >= 0.6 is 34.5 Å². The molecule has 0 aliphatic rings. The summed E-state index contributed by atoms with van der Waals surface area (Å²) in [5.41, 5.74) is 0.0479. The van der Waals surface area contributed by atoms with Crippen molar-refractivity contribution in [3.8, 4) is 0 Å². The van der Waals surface area contributed by atoms with Gasteiger partial charge >= 0.3 is 0 Å². The predicted octanol–water partition coefficient (Wildman–Crippen LogP) is 3.99. The molecule has 1 unspecified atom stereocenters. The summed E-state index contributed by atoms with van der Waals surface area (Å²) in [6, 6.07) is 7.76. The summed E-state index contributed by atoms with van der Waals surface area (Å²) < 4.78 is 2.12. The summed E-state index contributed by atoms with van der Waals surface area (Å²) in [6.45, 7) is 6.96. The molecular formula is C22H30Cl2N8O3S. The molecule has 0 amide bonds. The van der Waals surface area contributed by atoms with E-state index in [1.807, 2.05) is 45.0 Å². The maximum atomic E-state index is 11.1. The number of nitro groups is 1. The number of nitrogens with zero attached hydrogens (tertiary/aromatic N) is 6. The SMILES string of the molecule is CC(C)(C)C(O)(CCc1ccc(Cl)cc1)Cn1cncn1.CN/C(=N\[N+](=O)[O-])NCc1cnc(Cl)s1. The second-order valence-corrected chi connectivity index (χ2v) is 11.0. The molecule has 196 valence electrons. The van der Waals surface area contributed by atoms with Crippen LogP contribution in [0.25, 0.3) is 0 Å². The zero-order valence-electron chi connectivity index (χ0n) is 20.5. The van der Waals surface area contributed by atoms with Crippen molar-refractivity contribution in [3.05, 3.63) is 73.2 Å². The molecule has 2 heterocycles. The van der Waals surface area contributed by atoms with Crippen molar-refractivity contribution in [3.63, 3.8) is 0 Å². The molecule has 0 bridgehead atoms. The third kappa shape index (κ3) is 9.69. The number of aromatic nitrogens is 4. The maximum Gasteiger partial charge on any atom is 0.268 e. The van der Waals surface area contributed by atoms with Crippen molar-refractivity contribution in [1.29, 1.82) is 0 Å². The molecule has 3 aromatic rings. The number of aryl methyl sites for hydroxylation is 1. The number of thiazole rings is 1. The molecule has 11 nitrogen and oxygen atoms in total. The highest BCUT2D eigenvalue weighted by molar-refractivity contribution is 7.15. The van der Waals surface area contributed by atoms with Crippen LogP contribution in [0, 0.1) is 15.5 Å². The minimum Gasteiger partial charge on any atom is -0.387 e. The quantitative estimate of drug-likeness (QED) is 0.163. The van der Waals surface area contributed by atoms with E-state index in [2.05, 4.69) is 30.8 Å². The Bertz CT molecular complexity index is 1120. The monoisotopic (exact) mass is 556 g/mol. The summed E-state index contributed by atoms with van der Waals surface area (Å²) in [5.74, 6) is 0.0875. The summed E-state index contributed by atoms with van der Waals surface area (Å²) in [5, 5.41) is 33.7. The number of rotatable bonds is 8. The lowest BCUT2D eigenvalue weighted by molar-refractivity contribution is -0.485. The van der Waals surface area contributed by atoms with Gasteiger partial charge in [0, 0.05) is 23.1 Å². The highest BCUT2D eigenvalue weighted by Crippen LogP contribution is 2.35. The second kappa shape index (κ2) is 13.5. The van der Waals surface area contributed by atoms with Crippen molar-refractivity contribution >= 4 is 40.5 Å². The van der Waals surface area contributed by atoms with Crippen LogP contribution in [-0.2, 0) is 19.5 Å². The molecule has 14 heteroatoms. The van der Waals surface area contributed by atoms with E-state index in [1.165, 1.54) is 30.3 Å². The lowest BCUT2D eigenvalue weighted by atomic mass is 9.73. The molecule has 1 atom stereocenters. The lowest BCUT2D eigenvalue weighted by Gasteiger charge is -2.40. The average Bonchev–Trinajstić information content (AvgIpc) is 3.47. The number of benzene rings is 1. The van der Waals surface area contributed by atoms with Crippen LogP contribution in [0.2, 0.25) is 9.49 Å². The van der Waals surface area contributed by atoms with Gasteiger partial charge in [-0.05, 0) is 36.0 Å². The average molecular weight is 558 g/mol. The Labute approximate surface area is 223 Å². The van der Waals surface area contributed by atoms with Crippen molar-refractivity contribution in [2.45, 2.75) is 52.3 Å². The Morgan fingerprint density at radius 2 is 1.97 bits per heavy atom. The van der Waals surface area contributed by atoms with Crippen LogP contribution in [0.5, 0.6) is 0 Å². The van der Waals surface area contributed by atoms with Crippen LogP contribution in [0.15, 0.2) is 48.2 Å². The van der Waals surface area contributed by atoms with Crippen LogP contribution in [0.4, 0.5) is 0 Å². The van der Waals surface area contributed by atoms with Gasteiger partial charge in [-0.3, -0.25) is 4.68 Å². The molecule has 0 spiro atoms. The van der Waals surface area contributed by atoms with Crippen molar-refractivity contribution < 1.29 is 10.1 Å². The van der Waals surface area contributed by atoms with Crippen molar-refractivity contribution in [1.82, 2.24) is 30.4 Å². The molecule has 2 aromatic heterocycles. The molecule has 0 radical (unpaired) electrons. The van der Waals surface area contributed by atoms with Gasteiger partial charge in [0.1, 0.15) is 17.8 Å². The number of hydrogen-bond acceptors (Lipinski definition) is 7. The summed E-state index contributed by atoms with van der Waals surface area (Å²) in [4.78, 5) is 18.7. The molecule has 3 N–H and O–H groups in total. The first kappa shape index (κ1) is 29.4. The first-order chi connectivity index (χ1) is 16.9. The Morgan fingerprint density at radius 1 is 1.28 bits per heavy atom. The van der Waals surface area contributed by atoms with Gasteiger partial charge in [-0.2, -0.15) is 5.10 Å². The molecule has 0 aliphatic carbocycles. The first-order valence-electron chi connectivity index (χ1n) is 11.0. The van der Waals surface area contributed by atoms with E-state index >= 15 is 0 Å². The van der Waals surface area contributed by atoms with Gasteiger partial charge in [-0.15, -0.1) is 11.3 Å². The Balaban J connectivity index is 0.000000269. The highest BCUT2D eigenvalue weighted by Gasteiger charge is 2.40. The number of guanidine groups is 1. The van der Waals surface area contributed by atoms with E-state index in [0.717, 1.165) is 16.3 Å². The van der Waals surface area contributed by atoms with Crippen LogP contribution < -0.4 is 10.6 Å². The number of nitrogens with one attached hydrogen (secondary N) is 2. The third-order valence-corrected chi connectivity index (χ3v) is 6.77. The first-order valence-corrected chi connectivity index (χ1v) is 12.5. The molecule has 36 heavy (non-hydrogen) atoms. The van der Waals surface area contributed by atoms with E-state index in [4.69, 9.17) is 23.2 Å². The second-order valence-electron chi connectivity index (χ2n) is 8.87. The normalized spacial score (nSPS) is 13.4. The number of aliphatic hydroxyl groups is 1. The Kier molecular flexibility index (Phi) is 11.0. The highest BCUT2D eigenvalue weighted by atomic mass is 35.5. The fourth-order valence-corrected chi connectivity index (χ4v) is 4.11. The van der Waals surface area contributed by atoms with Crippen molar-refractivity contribution in [2.24, 2.45) is 10.5 Å². The summed E-state index contributed by atoms with van der Waals surface area (Å²) in [7, 11) is 1.54. The topological polar surface area (TPSA) is 143 Å².